The Balaban J connectivity index is 1.22. The van der Waals surface area contributed by atoms with E-state index in [4.69, 9.17) is 22.2 Å². The van der Waals surface area contributed by atoms with E-state index in [1.165, 1.54) is 0 Å². The van der Waals surface area contributed by atoms with Crippen molar-refractivity contribution in [3.63, 3.8) is 0 Å². The number of benzene rings is 1. The van der Waals surface area contributed by atoms with Crippen LogP contribution in [0.2, 0.25) is 0 Å². The van der Waals surface area contributed by atoms with E-state index in [-0.39, 0.29) is 0 Å². The molecule has 3 N–H and O–H groups in total. The number of aromatic nitrogens is 5. The first-order chi connectivity index (χ1) is 17.2. The predicted octanol–water partition coefficient (Wildman–Crippen LogP) is 4.53. The minimum atomic E-state index is 0.713. The van der Waals surface area contributed by atoms with Crippen molar-refractivity contribution in [2.24, 2.45) is 0 Å². The van der Waals surface area contributed by atoms with Crippen molar-refractivity contribution >= 4 is 39.9 Å². The van der Waals surface area contributed by atoms with Gasteiger partial charge < -0.3 is 25.1 Å². The third kappa shape index (κ3) is 4.33. The number of nitrogens with zero attached hydrogens (tertiary/aromatic N) is 5. The van der Waals surface area contributed by atoms with Crippen LogP contribution in [-0.4, -0.2) is 61.1 Å². The van der Waals surface area contributed by atoms with Crippen molar-refractivity contribution in [3.8, 4) is 22.8 Å². The Bertz CT molecular complexity index is 1440. The number of piperazine rings is 1. The molecule has 9 heteroatoms. The Morgan fingerprint density at radius 1 is 0.800 bits per heavy atom. The second-order valence-electron chi connectivity index (χ2n) is 8.38. The third-order valence-electron chi connectivity index (χ3n) is 6.16. The van der Waals surface area contributed by atoms with Gasteiger partial charge in [0, 0.05) is 50.5 Å². The zero-order valence-corrected chi connectivity index (χ0v) is 19.8. The smallest absolute Gasteiger partial charge is 0.173 e. The van der Waals surface area contributed by atoms with E-state index in [1.54, 1.807) is 0 Å². The van der Waals surface area contributed by atoms with E-state index in [2.05, 4.69) is 30.1 Å². The minimum absolute atomic E-state index is 0.713. The summed E-state index contributed by atoms with van der Waals surface area (Å²) in [7, 11) is 0. The van der Waals surface area contributed by atoms with Gasteiger partial charge in [0.05, 0.1) is 22.4 Å². The summed E-state index contributed by atoms with van der Waals surface area (Å²) in [6.07, 6.45) is 5.62. The van der Waals surface area contributed by atoms with Crippen LogP contribution in [0, 0.1) is 0 Å². The molecule has 0 saturated carbocycles. The molecule has 6 rings (SSSR count). The van der Waals surface area contributed by atoms with E-state index >= 15 is 0 Å². The Morgan fingerprint density at radius 2 is 1.51 bits per heavy atom. The Morgan fingerprint density at radius 3 is 2.14 bits per heavy atom. The second-order valence-corrected chi connectivity index (χ2v) is 8.77. The number of rotatable bonds is 4. The molecule has 1 aliphatic rings. The summed E-state index contributed by atoms with van der Waals surface area (Å²) in [6, 6.07) is 19.9. The molecule has 1 saturated heterocycles. The number of pyridine rings is 1. The fraction of sp³-hybridized carbons (Fsp3) is 0.154. The zero-order valence-electron chi connectivity index (χ0n) is 19.0. The molecular formula is C26H24N8S. The van der Waals surface area contributed by atoms with E-state index in [1.807, 2.05) is 79.3 Å². The lowest BCUT2D eigenvalue weighted by atomic mass is 10.1. The van der Waals surface area contributed by atoms with Crippen LogP contribution in [0.25, 0.3) is 33.8 Å². The fourth-order valence-corrected chi connectivity index (χ4v) is 4.65. The number of hydrogen-bond donors (Lipinski definition) is 3. The lowest BCUT2D eigenvalue weighted by Gasteiger charge is -2.36. The molecule has 0 unspecified atom stereocenters. The number of thiocarbonyl (C=S) groups is 1. The summed E-state index contributed by atoms with van der Waals surface area (Å²) in [6.45, 7) is 3.44. The van der Waals surface area contributed by atoms with Gasteiger partial charge in [-0.1, -0.05) is 6.07 Å². The number of fused-ring (bicyclic) bond motifs is 1. The van der Waals surface area contributed by atoms with Crippen LogP contribution in [0.1, 0.15) is 0 Å². The molecule has 0 atom stereocenters. The van der Waals surface area contributed by atoms with Gasteiger partial charge >= 0.3 is 0 Å². The summed E-state index contributed by atoms with van der Waals surface area (Å²) < 4.78 is 0. The first-order valence-corrected chi connectivity index (χ1v) is 12.0. The summed E-state index contributed by atoms with van der Waals surface area (Å²) in [5.41, 5.74) is 5.99. The van der Waals surface area contributed by atoms with Crippen LogP contribution in [-0.2, 0) is 0 Å². The summed E-state index contributed by atoms with van der Waals surface area (Å²) in [5.74, 6) is 1.01. The number of hydrogen-bond acceptors (Lipinski definition) is 5. The van der Waals surface area contributed by atoms with Gasteiger partial charge in [0.25, 0.3) is 0 Å². The molecule has 1 aliphatic heterocycles. The molecule has 0 bridgehead atoms. The molecule has 0 amide bonds. The molecule has 174 valence electrons. The van der Waals surface area contributed by atoms with Crippen molar-refractivity contribution in [2.45, 2.75) is 0 Å². The highest BCUT2D eigenvalue weighted by atomic mass is 32.1. The summed E-state index contributed by atoms with van der Waals surface area (Å²) in [4.78, 5) is 25.3. The van der Waals surface area contributed by atoms with E-state index in [0.29, 0.717) is 5.11 Å². The topological polar surface area (TPSA) is 88.8 Å². The van der Waals surface area contributed by atoms with Crippen molar-refractivity contribution < 1.29 is 0 Å². The van der Waals surface area contributed by atoms with Gasteiger partial charge in [-0.05, 0) is 66.8 Å². The van der Waals surface area contributed by atoms with Crippen LogP contribution in [0.5, 0.6) is 0 Å². The first kappa shape index (κ1) is 21.3. The lowest BCUT2D eigenvalue weighted by Crippen LogP contribution is -2.50. The van der Waals surface area contributed by atoms with Gasteiger partial charge in [0.1, 0.15) is 17.2 Å². The fourth-order valence-electron chi connectivity index (χ4n) is 4.34. The van der Waals surface area contributed by atoms with Crippen LogP contribution >= 0.6 is 12.2 Å². The van der Waals surface area contributed by atoms with Gasteiger partial charge in [-0.2, -0.15) is 0 Å². The number of anilines is 2. The zero-order chi connectivity index (χ0) is 23.6. The molecule has 0 spiro atoms. The van der Waals surface area contributed by atoms with Gasteiger partial charge in [-0.15, -0.1) is 0 Å². The highest BCUT2D eigenvalue weighted by Crippen LogP contribution is 2.30. The van der Waals surface area contributed by atoms with Crippen molar-refractivity contribution in [1.82, 2.24) is 29.8 Å². The van der Waals surface area contributed by atoms with Gasteiger partial charge in [0.2, 0.25) is 0 Å². The molecular weight excluding hydrogens is 456 g/mol. The van der Waals surface area contributed by atoms with Crippen molar-refractivity contribution in [3.05, 3.63) is 79.3 Å². The molecule has 4 aromatic heterocycles. The average molecular weight is 481 g/mol. The lowest BCUT2D eigenvalue weighted by molar-refractivity contribution is 0.389. The maximum atomic E-state index is 5.74. The van der Waals surface area contributed by atoms with Crippen molar-refractivity contribution in [2.75, 3.05) is 36.4 Å². The molecule has 1 aromatic carbocycles. The third-order valence-corrected chi connectivity index (χ3v) is 6.52. The van der Waals surface area contributed by atoms with Crippen molar-refractivity contribution in [1.29, 1.82) is 0 Å². The highest BCUT2D eigenvalue weighted by molar-refractivity contribution is 7.80. The highest BCUT2D eigenvalue weighted by Gasteiger charge is 2.20. The van der Waals surface area contributed by atoms with E-state index in [9.17, 15) is 0 Å². The summed E-state index contributed by atoms with van der Waals surface area (Å²) in [5, 5.41) is 4.11. The van der Waals surface area contributed by atoms with Gasteiger partial charge in [-0.25, -0.2) is 15.0 Å². The maximum Gasteiger partial charge on any atom is 0.173 e. The van der Waals surface area contributed by atoms with Crippen LogP contribution < -0.4 is 10.2 Å². The minimum Gasteiger partial charge on any atom is -0.360 e. The number of nitrogens with one attached hydrogen (secondary N) is 3. The van der Waals surface area contributed by atoms with Crippen LogP contribution in [0.4, 0.5) is 11.5 Å². The SMILES string of the molecule is S=C(Nc1ccc2nc(-c3ccc[nH]3)c(-c3ccc[nH]3)nc2c1)N1CCN(c2ccccn2)CC1. The standard InChI is InChI=1S/C26H24N8S/c35-26(34-15-13-33(14-16-34)23-7-1-2-10-29-23)30-18-8-9-19-22(17-18)32-25(21-6-4-12-28-21)24(31-19)20-5-3-11-27-20/h1-12,17,27-28H,13-16H2,(H,30,35). The Kier molecular flexibility index (Phi) is 5.59. The Hall–Kier alpha value is -4.24. The van der Waals surface area contributed by atoms with Gasteiger partial charge in [0.15, 0.2) is 5.11 Å². The largest absolute Gasteiger partial charge is 0.360 e. The molecule has 8 nitrogen and oxygen atoms in total. The van der Waals surface area contributed by atoms with Crippen LogP contribution in [0.3, 0.4) is 0 Å². The average Bonchev–Trinajstić information content (AvgIpc) is 3.63. The molecule has 0 aliphatic carbocycles. The van der Waals surface area contributed by atoms with E-state index < -0.39 is 0 Å². The number of aromatic amines is 2. The first-order valence-electron chi connectivity index (χ1n) is 11.6. The molecule has 0 radical (unpaired) electrons. The second kappa shape index (κ2) is 9.19. The quantitative estimate of drug-likeness (QED) is 0.326. The molecule has 35 heavy (non-hydrogen) atoms. The number of H-pyrrole nitrogens is 2. The van der Waals surface area contributed by atoms with Gasteiger partial charge in [-0.3, -0.25) is 0 Å². The Labute approximate surface area is 208 Å². The monoisotopic (exact) mass is 480 g/mol. The molecule has 1 fully saturated rings. The molecule has 5 aromatic rings. The normalized spacial score (nSPS) is 13.8. The van der Waals surface area contributed by atoms with Crippen LogP contribution in [0.15, 0.2) is 79.3 Å². The predicted molar refractivity (Wildman–Crippen MR) is 143 cm³/mol. The van der Waals surface area contributed by atoms with E-state index in [0.717, 1.165) is 71.5 Å². The maximum absolute atomic E-state index is 5.74. The molecule has 5 heterocycles. The summed E-state index contributed by atoms with van der Waals surface area (Å²) >= 11 is 5.74.